The van der Waals surface area contributed by atoms with Crippen molar-refractivity contribution in [1.29, 1.82) is 0 Å². The summed E-state index contributed by atoms with van der Waals surface area (Å²) in [6.07, 6.45) is 49.5. The zero-order valence-electron chi connectivity index (χ0n) is 38.7. The molecule has 0 aromatic carbocycles. The fourth-order valence-electron chi connectivity index (χ4n) is 7.89. The van der Waals surface area contributed by atoms with Crippen molar-refractivity contribution in [3.8, 4) is 0 Å². The Morgan fingerprint density at radius 2 is 0.643 bits per heavy atom. The molecule has 0 aromatic heterocycles. The molecule has 0 radical (unpaired) electrons. The van der Waals surface area contributed by atoms with E-state index in [9.17, 15) is 9.59 Å². The van der Waals surface area contributed by atoms with E-state index in [1.165, 1.54) is 103 Å². The van der Waals surface area contributed by atoms with Gasteiger partial charge in [0.2, 0.25) is 0 Å². The molecule has 4 atom stereocenters. The molecule has 4 nitrogen and oxygen atoms in total. The van der Waals surface area contributed by atoms with Crippen LogP contribution in [0.25, 0.3) is 0 Å². The first kappa shape index (κ1) is 54.4. The lowest BCUT2D eigenvalue weighted by atomic mass is 9.83. The van der Waals surface area contributed by atoms with Gasteiger partial charge in [0.15, 0.2) is 0 Å². The average molecular weight is 787 g/mol. The number of rotatable bonds is 43. The number of allylic oxidation sites excluding steroid dienone is 4. The molecule has 0 aliphatic heterocycles. The van der Waals surface area contributed by atoms with E-state index in [0.29, 0.717) is 37.9 Å². The first-order chi connectivity index (χ1) is 27.5. The molecular weight excluding hydrogens is 689 g/mol. The predicted molar refractivity (Wildman–Crippen MR) is 245 cm³/mol. The Balaban J connectivity index is 5.34. The summed E-state index contributed by atoms with van der Waals surface area (Å²) in [5.74, 6) is -0.361. The summed E-state index contributed by atoms with van der Waals surface area (Å²) >= 11 is 0. The Morgan fingerprint density at radius 3 is 0.946 bits per heavy atom. The van der Waals surface area contributed by atoms with Gasteiger partial charge in [0.25, 0.3) is 0 Å². The van der Waals surface area contributed by atoms with Crippen LogP contribution < -0.4 is 0 Å². The van der Waals surface area contributed by atoms with Crippen molar-refractivity contribution >= 4 is 11.9 Å². The van der Waals surface area contributed by atoms with Crippen LogP contribution in [0.3, 0.4) is 0 Å². The number of unbranched alkanes of at least 4 members (excludes halogenated alkanes) is 22. The molecular formula is C52H98O4. The van der Waals surface area contributed by atoms with Gasteiger partial charge < -0.3 is 9.47 Å². The Hall–Kier alpha value is -1.58. The Labute approximate surface area is 351 Å². The topological polar surface area (TPSA) is 52.6 Å². The minimum atomic E-state index is -0.413. The van der Waals surface area contributed by atoms with E-state index in [4.69, 9.17) is 9.47 Å². The molecule has 330 valence electrons. The number of ether oxygens (including phenoxy) is 2. The molecule has 0 aliphatic rings. The maximum absolute atomic E-state index is 14.0. The summed E-state index contributed by atoms with van der Waals surface area (Å²) in [4.78, 5) is 28.0. The van der Waals surface area contributed by atoms with Gasteiger partial charge in [-0.15, -0.1) is 0 Å². The fraction of sp³-hybridized carbons (Fsp3) is 0.885. The Bertz CT molecular complexity index is 821. The molecule has 0 amide bonds. The first-order valence-corrected chi connectivity index (χ1v) is 25.1. The molecule has 0 spiro atoms. The van der Waals surface area contributed by atoms with E-state index in [-0.39, 0.29) is 11.9 Å². The molecule has 0 saturated heterocycles. The van der Waals surface area contributed by atoms with Gasteiger partial charge in [-0.1, -0.05) is 207 Å². The summed E-state index contributed by atoms with van der Waals surface area (Å²) in [5.41, 5.74) is 0. The highest BCUT2D eigenvalue weighted by atomic mass is 16.5. The zero-order chi connectivity index (χ0) is 41.2. The van der Waals surface area contributed by atoms with E-state index in [1.807, 2.05) is 0 Å². The molecule has 56 heavy (non-hydrogen) atoms. The maximum Gasteiger partial charge on any atom is 0.309 e. The van der Waals surface area contributed by atoms with E-state index in [1.54, 1.807) is 0 Å². The molecule has 0 fully saturated rings. The van der Waals surface area contributed by atoms with Crippen LogP contribution in [0.5, 0.6) is 0 Å². The highest BCUT2D eigenvalue weighted by molar-refractivity contribution is 5.82. The van der Waals surface area contributed by atoms with Gasteiger partial charge in [-0.25, -0.2) is 0 Å². The van der Waals surface area contributed by atoms with Gasteiger partial charge in [0.1, 0.15) is 0 Å². The second-order valence-electron chi connectivity index (χ2n) is 17.3. The summed E-state index contributed by atoms with van der Waals surface area (Å²) in [6, 6.07) is 0. The minimum Gasteiger partial charge on any atom is -0.465 e. The highest BCUT2D eigenvalue weighted by Crippen LogP contribution is 2.29. The molecule has 4 unspecified atom stereocenters. The second-order valence-corrected chi connectivity index (χ2v) is 17.3. The van der Waals surface area contributed by atoms with E-state index in [2.05, 4.69) is 65.8 Å². The van der Waals surface area contributed by atoms with Gasteiger partial charge in [-0.2, -0.15) is 0 Å². The molecule has 0 saturated carbocycles. The number of carbonyl (C=O) groups is 2. The SMILES string of the molecule is CCCCCCCC/C=C\CCCCCCC(C(=O)OCC(CC)CCCC)C(CCCCCC/C=C\CCCCCCCC)C(=O)OCC(CC)CCCC. The van der Waals surface area contributed by atoms with Crippen molar-refractivity contribution in [2.75, 3.05) is 13.2 Å². The number of hydrogen-bond acceptors (Lipinski definition) is 4. The largest absolute Gasteiger partial charge is 0.465 e. The monoisotopic (exact) mass is 787 g/mol. The molecule has 0 aliphatic carbocycles. The molecule has 4 heteroatoms. The second kappa shape index (κ2) is 43.0. The molecule has 0 aromatic rings. The van der Waals surface area contributed by atoms with E-state index < -0.39 is 11.8 Å². The van der Waals surface area contributed by atoms with Crippen LogP contribution in [0.2, 0.25) is 0 Å². The van der Waals surface area contributed by atoms with E-state index in [0.717, 1.165) is 103 Å². The third-order valence-electron chi connectivity index (χ3n) is 12.2. The molecule has 0 bridgehead atoms. The van der Waals surface area contributed by atoms with Crippen LogP contribution in [0.15, 0.2) is 24.3 Å². The third-order valence-corrected chi connectivity index (χ3v) is 12.2. The summed E-state index contributed by atoms with van der Waals surface area (Å²) in [5, 5.41) is 0. The van der Waals surface area contributed by atoms with Gasteiger partial charge in [0.05, 0.1) is 25.0 Å². The van der Waals surface area contributed by atoms with Crippen LogP contribution in [0, 0.1) is 23.7 Å². The minimum absolute atomic E-state index is 0.159. The van der Waals surface area contributed by atoms with Gasteiger partial charge in [-0.3, -0.25) is 9.59 Å². The van der Waals surface area contributed by atoms with Crippen molar-refractivity contribution in [3.05, 3.63) is 24.3 Å². The molecule has 0 rings (SSSR count). The fourth-order valence-corrected chi connectivity index (χ4v) is 7.89. The van der Waals surface area contributed by atoms with Crippen molar-refractivity contribution in [2.24, 2.45) is 23.7 Å². The summed E-state index contributed by atoms with van der Waals surface area (Å²) in [6.45, 7) is 14.3. The summed E-state index contributed by atoms with van der Waals surface area (Å²) < 4.78 is 12.2. The normalized spacial score (nSPS) is 14.0. The van der Waals surface area contributed by atoms with Gasteiger partial charge in [-0.05, 0) is 88.9 Å². The van der Waals surface area contributed by atoms with Crippen LogP contribution in [-0.2, 0) is 19.1 Å². The van der Waals surface area contributed by atoms with E-state index >= 15 is 0 Å². The van der Waals surface area contributed by atoms with Crippen molar-refractivity contribution < 1.29 is 19.1 Å². The molecule has 0 N–H and O–H groups in total. The van der Waals surface area contributed by atoms with Crippen LogP contribution in [0.1, 0.15) is 260 Å². The third kappa shape index (κ3) is 33.4. The quantitative estimate of drug-likeness (QED) is 0.0351. The number of hydrogen-bond donors (Lipinski definition) is 0. The smallest absolute Gasteiger partial charge is 0.309 e. The first-order valence-electron chi connectivity index (χ1n) is 25.1. The summed E-state index contributed by atoms with van der Waals surface area (Å²) in [7, 11) is 0. The predicted octanol–water partition coefficient (Wildman–Crippen LogP) is 17.0. The van der Waals surface area contributed by atoms with Crippen molar-refractivity contribution in [3.63, 3.8) is 0 Å². The van der Waals surface area contributed by atoms with Crippen LogP contribution in [-0.4, -0.2) is 25.2 Å². The van der Waals surface area contributed by atoms with Crippen LogP contribution in [0.4, 0.5) is 0 Å². The Kier molecular flexibility index (Phi) is 41.8. The Morgan fingerprint density at radius 1 is 0.357 bits per heavy atom. The highest BCUT2D eigenvalue weighted by Gasteiger charge is 2.36. The maximum atomic E-state index is 14.0. The average Bonchev–Trinajstić information content (AvgIpc) is 3.21. The van der Waals surface area contributed by atoms with Crippen LogP contribution >= 0.6 is 0 Å². The standard InChI is InChI=1S/C52H98O4/c1-7-13-17-19-21-23-25-27-29-31-33-35-37-39-43-49(51(53)55-45-47(11-5)41-15-9-3)50(52(54)56-46-48(12-6)42-16-10-4)44-40-38-36-34-32-30-28-26-24-22-20-18-14-8-2/h27-30,47-50H,7-26,31-46H2,1-6H3/b29-27-,30-28-. The van der Waals surface area contributed by atoms with Crippen molar-refractivity contribution in [1.82, 2.24) is 0 Å². The number of esters is 2. The lowest BCUT2D eigenvalue weighted by Crippen LogP contribution is -2.34. The van der Waals surface area contributed by atoms with Gasteiger partial charge in [0, 0.05) is 0 Å². The molecule has 0 heterocycles. The number of carbonyl (C=O) groups excluding carboxylic acids is 2. The van der Waals surface area contributed by atoms with Gasteiger partial charge >= 0.3 is 11.9 Å². The van der Waals surface area contributed by atoms with Crippen molar-refractivity contribution in [2.45, 2.75) is 260 Å². The zero-order valence-corrected chi connectivity index (χ0v) is 38.7. The lowest BCUT2D eigenvalue weighted by molar-refractivity contribution is -0.163. The lowest BCUT2D eigenvalue weighted by Gasteiger charge is -2.26.